The van der Waals surface area contributed by atoms with E-state index in [1.165, 1.54) is 6.07 Å². The van der Waals surface area contributed by atoms with Crippen molar-refractivity contribution in [2.45, 2.75) is 19.8 Å². The zero-order chi connectivity index (χ0) is 15.1. The smallest absolute Gasteiger partial charge is 0.224 e. The molecule has 0 saturated carbocycles. The van der Waals surface area contributed by atoms with Crippen molar-refractivity contribution in [3.63, 3.8) is 0 Å². The molecule has 0 heterocycles. The average molecular weight is 287 g/mol. The van der Waals surface area contributed by atoms with Gasteiger partial charge in [0.1, 0.15) is 11.6 Å². The largest absolute Gasteiger partial charge is 0.494 e. The van der Waals surface area contributed by atoms with Crippen LogP contribution in [0.3, 0.4) is 0 Å². The molecule has 0 fully saturated rings. The van der Waals surface area contributed by atoms with E-state index in [1.807, 2.05) is 37.3 Å². The molecule has 0 bridgehead atoms. The van der Waals surface area contributed by atoms with Gasteiger partial charge in [0.15, 0.2) is 0 Å². The molecule has 3 nitrogen and oxygen atoms in total. The number of nitrogens with one attached hydrogen (secondary N) is 1. The zero-order valence-electron chi connectivity index (χ0n) is 11.9. The Kier molecular flexibility index (Phi) is 5.32. The average Bonchev–Trinajstić information content (AvgIpc) is 2.48. The van der Waals surface area contributed by atoms with Gasteiger partial charge in [0.25, 0.3) is 0 Å². The summed E-state index contributed by atoms with van der Waals surface area (Å²) >= 11 is 0. The van der Waals surface area contributed by atoms with Crippen LogP contribution in [0, 0.1) is 12.7 Å². The number of benzene rings is 2. The van der Waals surface area contributed by atoms with Gasteiger partial charge in [0.05, 0.1) is 12.3 Å². The second-order valence-corrected chi connectivity index (χ2v) is 4.80. The third kappa shape index (κ3) is 4.91. The molecule has 2 aromatic rings. The van der Waals surface area contributed by atoms with Gasteiger partial charge in [-0.05, 0) is 43.2 Å². The van der Waals surface area contributed by atoms with E-state index in [0.29, 0.717) is 19.4 Å². The van der Waals surface area contributed by atoms with E-state index in [0.717, 1.165) is 11.3 Å². The monoisotopic (exact) mass is 287 g/mol. The number of aryl methyl sites for hydroxylation is 1. The maximum Gasteiger partial charge on any atom is 0.224 e. The van der Waals surface area contributed by atoms with Gasteiger partial charge >= 0.3 is 0 Å². The van der Waals surface area contributed by atoms with Crippen molar-refractivity contribution < 1.29 is 13.9 Å². The fraction of sp³-hybridized carbons (Fsp3) is 0.235. The van der Waals surface area contributed by atoms with Crippen LogP contribution in [0.5, 0.6) is 5.75 Å². The highest BCUT2D eigenvalue weighted by molar-refractivity contribution is 5.90. The first kappa shape index (κ1) is 15.0. The highest BCUT2D eigenvalue weighted by Gasteiger charge is 2.07. The molecule has 0 saturated heterocycles. The molecule has 110 valence electrons. The number of halogens is 1. The molecule has 1 N–H and O–H groups in total. The highest BCUT2D eigenvalue weighted by atomic mass is 19.1. The molecule has 4 heteroatoms. The number of hydrogen-bond acceptors (Lipinski definition) is 2. The lowest BCUT2D eigenvalue weighted by Gasteiger charge is -2.08. The Labute approximate surface area is 123 Å². The number of carbonyl (C=O) groups is 1. The van der Waals surface area contributed by atoms with E-state index in [2.05, 4.69) is 5.32 Å². The minimum Gasteiger partial charge on any atom is -0.494 e. The summed E-state index contributed by atoms with van der Waals surface area (Å²) in [6.45, 7) is 2.30. The number of para-hydroxylation sites is 1. The van der Waals surface area contributed by atoms with Crippen LogP contribution in [-0.2, 0) is 4.79 Å². The standard InChI is InChI=1S/C17H18FNO2/c1-13-9-10-15(18)16(12-13)19-17(20)8-5-11-21-14-6-3-2-4-7-14/h2-4,6-7,9-10,12H,5,8,11H2,1H3,(H,19,20). The van der Waals surface area contributed by atoms with Crippen molar-refractivity contribution in [3.05, 3.63) is 59.9 Å². The van der Waals surface area contributed by atoms with Crippen LogP contribution < -0.4 is 10.1 Å². The molecule has 0 aliphatic carbocycles. The van der Waals surface area contributed by atoms with Gasteiger partial charge < -0.3 is 10.1 Å². The minimum absolute atomic E-state index is 0.212. The summed E-state index contributed by atoms with van der Waals surface area (Å²) in [6.07, 6.45) is 0.869. The molecule has 0 atom stereocenters. The quantitative estimate of drug-likeness (QED) is 0.817. The number of ether oxygens (including phenoxy) is 1. The second-order valence-electron chi connectivity index (χ2n) is 4.80. The van der Waals surface area contributed by atoms with Gasteiger partial charge in [0, 0.05) is 6.42 Å². The fourth-order valence-electron chi connectivity index (χ4n) is 1.89. The van der Waals surface area contributed by atoms with Gasteiger partial charge in [-0.2, -0.15) is 0 Å². The van der Waals surface area contributed by atoms with Crippen molar-refractivity contribution in [2.24, 2.45) is 0 Å². The topological polar surface area (TPSA) is 38.3 Å². The van der Waals surface area contributed by atoms with Crippen molar-refractivity contribution in [2.75, 3.05) is 11.9 Å². The molecule has 0 unspecified atom stereocenters. The lowest BCUT2D eigenvalue weighted by molar-refractivity contribution is -0.116. The van der Waals surface area contributed by atoms with Crippen molar-refractivity contribution in [3.8, 4) is 5.75 Å². The first-order valence-corrected chi connectivity index (χ1v) is 6.89. The van der Waals surface area contributed by atoms with Crippen LogP contribution in [0.15, 0.2) is 48.5 Å². The Balaban J connectivity index is 1.74. The van der Waals surface area contributed by atoms with E-state index in [1.54, 1.807) is 12.1 Å². The number of anilines is 1. The maximum atomic E-state index is 13.5. The Morgan fingerprint density at radius 1 is 1.19 bits per heavy atom. The fourth-order valence-corrected chi connectivity index (χ4v) is 1.89. The lowest BCUT2D eigenvalue weighted by atomic mass is 10.2. The second kappa shape index (κ2) is 7.43. The molecule has 21 heavy (non-hydrogen) atoms. The molecular formula is C17H18FNO2. The van der Waals surface area contributed by atoms with Crippen LogP contribution in [0.4, 0.5) is 10.1 Å². The van der Waals surface area contributed by atoms with E-state index < -0.39 is 5.82 Å². The van der Waals surface area contributed by atoms with Crippen LogP contribution in [-0.4, -0.2) is 12.5 Å². The van der Waals surface area contributed by atoms with Gasteiger partial charge in [-0.25, -0.2) is 4.39 Å². The summed E-state index contributed by atoms with van der Waals surface area (Å²) in [6, 6.07) is 14.1. The Morgan fingerprint density at radius 3 is 2.71 bits per heavy atom. The first-order chi connectivity index (χ1) is 10.1. The third-order valence-corrected chi connectivity index (χ3v) is 2.96. The molecule has 2 rings (SSSR count). The van der Waals surface area contributed by atoms with Crippen LogP contribution in [0.25, 0.3) is 0 Å². The number of carbonyl (C=O) groups excluding carboxylic acids is 1. The molecule has 0 spiro atoms. The molecule has 2 aromatic carbocycles. The summed E-state index contributed by atoms with van der Waals surface area (Å²) in [5.74, 6) is 0.147. The summed E-state index contributed by atoms with van der Waals surface area (Å²) in [4.78, 5) is 11.8. The predicted octanol–water partition coefficient (Wildman–Crippen LogP) is 3.93. The van der Waals surface area contributed by atoms with E-state index in [4.69, 9.17) is 4.74 Å². The van der Waals surface area contributed by atoms with Gasteiger partial charge in [0.2, 0.25) is 5.91 Å². The number of hydrogen-bond donors (Lipinski definition) is 1. The maximum absolute atomic E-state index is 13.5. The van der Waals surface area contributed by atoms with Crippen molar-refractivity contribution in [1.29, 1.82) is 0 Å². The van der Waals surface area contributed by atoms with E-state index in [-0.39, 0.29) is 11.6 Å². The van der Waals surface area contributed by atoms with Gasteiger partial charge in [-0.3, -0.25) is 4.79 Å². The lowest BCUT2D eigenvalue weighted by Crippen LogP contribution is -2.14. The molecule has 0 radical (unpaired) electrons. The predicted molar refractivity (Wildman–Crippen MR) is 80.9 cm³/mol. The highest BCUT2D eigenvalue weighted by Crippen LogP contribution is 2.16. The first-order valence-electron chi connectivity index (χ1n) is 6.89. The SMILES string of the molecule is Cc1ccc(F)c(NC(=O)CCCOc2ccccc2)c1. The summed E-state index contributed by atoms with van der Waals surface area (Å²) in [5.41, 5.74) is 1.13. The van der Waals surface area contributed by atoms with E-state index >= 15 is 0 Å². The van der Waals surface area contributed by atoms with Crippen molar-refractivity contribution >= 4 is 11.6 Å². The molecule has 1 amide bonds. The Morgan fingerprint density at radius 2 is 1.95 bits per heavy atom. The van der Waals surface area contributed by atoms with E-state index in [9.17, 15) is 9.18 Å². The minimum atomic E-state index is -0.422. The third-order valence-electron chi connectivity index (χ3n) is 2.96. The normalized spacial score (nSPS) is 10.2. The molecule has 0 aromatic heterocycles. The van der Waals surface area contributed by atoms with Crippen LogP contribution in [0.2, 0.25) is 0 Å². The number of rotatable bonds is 6. The molecule has 0 aliphatic rings. The molecule has 0 aliphatic heterocycles. The van der Waals surface area contributed by atoms with Gasteiger partial charge in [-0.1, -0.05) is 24.3 Å². The van der Waals surface area contributed by atoms with Crippen molar-refractivity contribution in [1.82, 2.24) is 0 Å². The Hall–Kier alpha value is -2.36. The summed E-state index contributed by atoms with van der Waals surface area (Å²) in [5, 5.41) is 2.58. The van der Waals surface area contributed by atoms with Crippen LogP contribution >= 0.6 is 0 Å². The van der Waals surface area contributed by atoms with Crippen LogP contribution in [0.1, 0.15) is 18.4 Å². The molecular weight excluding hydrogens is 269 g/mol. The Bertz CT molecular complexity index is 599. The summed E-state index contributed by atoms with van der Waals surface area (Å²) in [7, 11) is 0. The van der Waals surface area contributed by atoms with Gasteiger partial charge in [-0.15, -0.1) is 0 Å². The summed E-state index contributed by atoms with van der Waals surface area (Å²) < 4.78 is 19.0. The number of amides is 1. The zero-order valence-corrected chi connectivity index (χ0v) is 11.9.